The van der Waals surface area contributed by atoms with Gasteiger partial charge in [0, 0.05) is 24.7 Å². The van der Waals surface area contributed by atoms with Gasteiger partial charge in [0.15, 0.2) is 5.69 Å². The Bertz CT molecular complexity index is 1020. The number of benzene rings is 2. The lowest BCUT2D eigenvalue weighted by atomic mass is 10.1. The summed E-state index contributed by atoms with van der Waals surface area (Å²) in [6.07, 6.45) is 1.58. The number of rotatable bonds is 6. The van der Waals surface area contributed by atoms with Gasteiger partial charge in [-0.25, -0.2) is 4.68 Å². The van der Waals surface area contributed by atoms with Crippen LogP contribution in [0, 0.1) is 0 Å². The smallest absolute Gasteiger partial charge is 0.274 e. The van der Waals surface area contributed by atoms with E-state index in [1.165, 1.54) is 11.1 Å². The predicted octanol–water partition coefficient (Wildman–Crippen LogP) is 3.83. The Balaban J connectivity index is 0.00000240. The first-order valence-electron chi connectivity index (χ1n) is 9.46. The molecule has 29 heavy (non-hydrogen) atoms. The molecule has 2 N–H and O–H groups in total. The minimum atomic E-state index is -0.213. The number of nitrogens with one attached hydrogen (secondary N) is 2. The molecule has 1 aliphatic heterocycles. The van der Waals surface area contributed by atoms with Crippen molar-refractivity contribution in [1.82, 2.24) is 25.6 Å². The number of hydrogen-bond donors (Lipinski definition) is 2. The zero-order valence-corrected chi connectivity index (χ0v) is 17.7. The third-order valence-corrected chi connectivity index (χ3v) is 5.11. The van der Waals surface area contributed by atoms with Crippen molar-refractivity contribution in [2.24, 2.45) is 0 Å². The molecule has 0 saturated carbocycles. The Kier molecular flexibility index (Phi) is 6.90. The molecule has 1 amide bonds. The Hall–Kier alpha value is -2.41. The zero-order chi connectivity index (χ0) is 19.5. The summed E-state index contributed by atoms with van der Waals surface area (Å²) >= 11 is 6.11. The maximum absolute atomic E-state index is 12.8. The van der Waals surface area contributed by atoms with Crippen molar-refractivity contribution in [2.75, 3.05) is 0 Å². The average Bonchev–Trinajstić information content (AvgIpc) is 3.33. The molecule has 8 heteroatoms. The van der Waals surface area contributed by atoms with Gasteiger partial charge in [0.2, 0.25) is 0 Å². The normalized spacial score (nSPS) is 12.3. The second-order valence-electron chi connectivity index (χ2n) is 6.92. The van der Waals surface area contributed by atoms with Crippen LogP contribution in [0.15, 0.2) is 42.5 Å². The van der Waals surface area contributed by atoms with E-state index in [0.29, 0.717) is 23.7 Å². The monoisotopic (exact) mass is 431 g/mol. The van der Waals surface area contributed by atoms with Crippen LogP contribution < -0.4 is 10.6 Å². The van der Waals surface area contributed by atoms with Crippen molar-refractivity contribution in [3.05, 3.63) is 75.6 Å². The van der Waals surface area contributed by atoms with Gasteiger partial charge in [-0.1, -0.05) is 54.4 Å². The lowest BCUT2D eigenvalue weighted by Gasteiger charge is -2.09. The first-order chi connectivity index (χ1) is 13.7. The molecule has 2 aromatic carbocycles. The molecule has 1 aliphatic rings. The second-order valence-corrected chi connectivity index (χ2v) is 7.35. The van der Waals surface area contributed by atoms with Crippen molar-refractivity contribution in [3.8, 4) is 5.69 Å². The first kappa shape index (κ1) is 21.3. The number of nitrogens with zero attached hydrogens (tertiary/aromatic N) is 3. The molecule has 4 rings (SSSR count). The minimum Gasteiger partial charge on any atom is -0.347 e. The summed E-state index contributed by atoms with van der Waals surface area (Å²) in [4.78, 5) is 12.8. The Morgan fingerprint density at radius 1 is 1.21 bits per heavy atom. The van der Waals surface area contributed by atoms with Gasteiger partial charge < -0.3 is 10.6 Å². The van der Waals surface area contributed by atoms with E-state index in [9.17, 15) is 4.79 Å². The molecule has 0 fully saturated rings. The highest BCUT2D eigenvalue weighted by atomic mass is 35.5. The van der Waals surface area contributed by atoms with Crippen LogP contribution in [0.25, 0.3) is 5.69 Å². The fourth-order valence-corrected chi connectivity index (χ4v) is 3.66. The molecule has 0 unspecified atom stereocenters. The molecule has 0 spiro atoms. The molecule has 0 aliphatic carbocycles. The molecule has 0 saturated heterocycles. The maximum atomic E-state index is 12.8. The fraction of sp³-hybridized carbons (Fsp3) is 0.286. The van der Waals surface area contributed by atoms with Gasteiger partial charge in [0.1, 0.15) is 0 Å². The number of carbonyl (C=O) groups is 1. The SMILES string of the molecule is CCCc1c(C(=O)NCc2ccc3c(c2)CNC3)nnn1-c1cccc(Cl)c1.Cl. The molecular weight excluding hydrogens is 409 g/mol. The van der Waals surface area contributed by atoms with Gasteiger partial charge in [-0.05, 0) is 41.3 Å². The Labute approximate surface area is 181 Å². The second kappa shape index (κ2) is 9.39. The van der Waals surface area contributed by atoms with Crippen LogP contribution in [-0.2, 0) is 26.1 Å². The van der Waals surface area contributed by atoms with Crippen molar-refractivity contribution < 1.29 is 4.79 Å². The third-order valence-electron chi connectivity index (χ3n) is 4.87. The summed E-state index contributed by atoms with van der Waals surface area (Å²) in [6.45, 7) is 4.32. The van der Waals surface area contributed by atoms with Crippen LogP contribution in [0.2, 0.25) is 5.02 Å². The van der Waals surface area contributed by atoms with E-state index in [2.05, 4.69) is 46.1 Å². The van der Waals surface area contributed by atoms with E-state index in [0.717, 1.165) is 36.5 Å². The largest absolute Gasteiger partial charge is 0.347 e. The van der Waals surface area contributed by atoms with Gasteiger partial charge in [0.05, 0.1) is 11.4 Å². The van der Waals surface area contributed by atoms with E-state index in [1.807, 2.05) is 18.2 Å². The quantitative estimate of drug-likeness (QED) is 0.621. The summed E-state index contributed by atoms with van der Waals surface area (Å²) in [6, 6.07) is 13.7. The number of halogens is 2. The molecule has 3 aromatic rings. The summed E-state index contributed by atoms with van der Waals surface area (Å²) in [5, 5.41) is 15.3. The number of carbonyl (C=O) groups excluding carboxylic acids is 1. The number of fused-ring (bicyclic) bond motifs is 1. The van der Waals surface area contributed by atoms with Crippen LogP contribution >= 0.6 is 24.0 Å². The average molecular weight is 432 g/mol. The zero-order valence-electron chi connectivity index (χ0n) is 16.1. The van der Waals surface area contributed by atoms with E-state index in [-0.39, 0.29) is 18.3 Å². The van der Waals surface area contributed by atoms with Crippen molar-refractivity contribution >= 4 is 29.9 Å². The molecule has 0 atom stereocenters. The molecule has 152 valence electrons. The van der Waals surface area contributed by atoms with Crippen molar-refractivity contribution in [1.29, 1.82) is 0 Å². The Morgan fingerprint density at radius 3 is 2.83 bits per heavy atom. The summed E-state index contributed by atoms with van der Waals surface area (Å²) in [7, 11) is 0. The standard InChI is InChI=1S/C21H22ClN5O.ClH/c1-2-4-19-20(25-26-27(19)18-6-3-5-17(22)10-18)21(28)24-11-14-7-8-15-12-23-13-16(15)9-14;/h3,5-10,23H,2,4,11-13H2,1H3,(H,24,28);1H. The Morgan fingerprint density at radius 2 is 2.03 bits per heavy atom. The van der Waals surface area contributed by atoms with Crippen molar-refractivity contribution in [2.45, 2.75) is 39.4 Å². The molecule has 6 nitrogen and oxygen atoms in total. The minimum absolute atomic E-state index is 0. The first-order valence-corrected chi connectivity index (χ1v) is 9.83. The highest BCUT2D eigenvalue weighted by Crippen LogP contribution is 2.19. The van der Waals surface area contributed by atoms with Crippen LogP contribution in [0.3, 0.4) is 0 Å². The van der Waals surface area contributed by atoms with Gasteiger partial charge in [-0.15, -0.1) is 17.5 Å². The number of hydrogen-bond acceptors (Lipinski definition) is 4. The molecule has 0 radical (unpaired) electrons. The van der Waals surface area contributed by atoms with Gasteiger partial charge in [-0.3, -0.25) is 4.79 Å². The molecule has 0 bridgehead atoms. The van der Waals surface area contributed by atoms with Gasteiger partial charge in [-0.2, -0.15) is 0 Å². The third kappa shape index (κ3) is 4.61. The van der Waals surface area contributed by atoms with Crippen LogP contribution in [0.1, 0.15) is 46.2 Å². The van der Waals surface area contributed by atoms with E-state index >= 15 is 0 Å². The molecule has 2 heterocycles. The van der Waals surface area contributed by atoms with Gasteiger partial charge in [0.25, 0.3) is 5.91 Å². The summed E-state index contributed by atoms with van der Waals surface area (Å²) < 4.78 is 1.70. The number of amides is 1. The predicted molar refractivity (Wildman–Crippen MR) is 116 cm³/mol. The molecule has 1 aromatic heterocycles. The highest BCUT2D eigenvalue weighted by molar-refractivity contribution is 6.30. The summed E-state index contributed by atoms with van der Waals surface area (Å²) in [5.41, 5.74) is 5.66. The van der Waals surface area contributed by atoms with Crippen LogP contribution in [0.4, 0.5) is 0 Å². The van der Waals surface area contributed by atoms with Crippen LogP contribution in [0.5, 0.6) is 0 Å². The topological polar surface area (TPSA) is 71.8 Å². The van der Waals surface area contributed by atoms with Crippen LogP contribution in [-0.4, -0.2) is 20.9 Å². The lowest BCUT2D eigenvalue weighted by Crippen LogP contribution is -2.24. The van der Waals surface area contributed by atoms with E-state index < -0.39 is 0 Å². The van der Waals surface area contributed by atoms with E-state index in [1.54, 1.807) is 10.7 Å². The lowest BCUT2D eigenvalue weighted by molar-refractivity contribution is 0.0945. The molecular formula is C21H23Cl2N5O. The van der Waals surface area contributed by atoms with E-state index in [4.69, 9.17) is 11.6 Å². The van der Waals surface area contributed by atoms with Crippen molar-refractivity contribution in [3.63, 3.8) is 0 Å². The number of aromatic nitrogens is 3. The fourth-order valence-electron chi connectivity index (χ4n) is 3.48. The highest BCUT2D eigenvalue weighted by Gasteiger charge is 2.20. The summed E-state index contributed by atoms with van der Waals surface area (Å²) in [5.74, 6) is -0.213. The maximum Gasteiger partial charge on any atom is 0.274 e. The van der Waals surface area contributed by atoms with Gasteiger partial charge >= 0.3 is 0 Å².